The zero-order valence-electron chi connectivity index (χ0n) is 30.3. The fourth-order valence-electron chi connectivity index (χ4n) is 9.64. The first-order valence-electron chi connectivity index (χ1n) is 19.0. The normalized spacial score (nSPS) is 20.9. The van der Waals surface area contributed by atoms with E-state index in [4.69, 9.17) is 15.0 Å². The zero-order chi connectivity index (χ0) is 35.9. The minimum Gasteiger partial charge on any atom is -0.208 e. The summed E-state index contributed by atoms with van der Waals surface area (Å²) in [7, 11) is 0. The molecule has 2 aliphatic rings. The standard InChI is InChI=1S/C49H42N4/c1-32-24-35-25-33(2)29-49(28-32,30-35)43-22-20-39(21-23-43)47-51-46(52-48(53-47)45-11-7-6-10-44(45)37-8-4-3-5-9-37)38-16-14-36(15-17-38)41-19-18-40-26-34(31-50)12-13-42(40)27-41/h3-23,26-27,32-33,35H,24-25,28-30H2,1-2H3/t32-,33+,35-,49?. The van der Waals surface area contributed by atoms with Crippen molar-refractivity contribution in [3.05, 3.63) is 151 Å². The highest BCUT2D eigenvalue weighted by atomic mass is 15.0. The average Bonchev–Trinajstić information content (AvgIpc) is 3.20. The third-order valence-electron chi connectivity index (χ3n) is 11.7. The molecule has 7 aromatic rings. The summed E-state index contributed by atoms with van der Waals surface area (Å²) in [6.07, 6.45) is 6.62. The van der Waals surface area contributed by atoms with E-state index in [9.17, 15) is 5.26 Å². The molecule has 2 aliphatic carbocycles. The van der Waals surface area contributed by atoms with E-state index in [0.717, 1.165) is 67.5 Å². The first kappa shape index (κ1) is 33.0. The summed E-state index contributed by atoms with van der Waals surface area (Å²) < 4.78 is 0. The Labute approximate surface area is 312 Å². The molecule has 0 amide bonds. The van der Waals surface area contributed by atoms with Gasteiger partial charge >= 0.3 is 0 Å². The number of fused-ring (bicyclic) bond motifs is 3. The number of hydrogen-bond donors (Lipinski definition) is 0. The number of hydrogen-bond acceptors (Lipinski definition) is 4. The molecule has 4 nitrogen and oxygen atoms in total. The van der Waals surface area contributed by atoms with Gasteiger partial charge in [-0.1, -0.05) is 135 Å². The van der Waals surface area contributed by atoms with Crippen LogP contribution in [0.4, 0.5) is 0 Å². The first-order chi connectivity index (χ1) is 25.9. The van der Waals surface area contributed by atoms with E-state index in [2.05, 4.69) is 135 Å². The summed E-state index contributed by atoms with van der Waals surface area (Å²) in [6.45, 7) is 4.90. The van der Waals surface area contributed by atoms with Crippen LogP contribution >= 0.6 is 0 Å². The lowest BCUT2D eigenvalue weighted by Crippen LogP contribution is -2.42. The van der Waals surface area contributed by atoms with Crippen molar-refractivity contribution >= 4 is 10.8 Å². The van der Waals surface area contributed by atoms with Gasteiger partial charge in [-0.3, -0.25) is 0 Å². The minimum atomic E-state index is 0.273. The quantitative estimate of drug-likeness (QED) is 0.175. The van der Waals surface area contributed by atoms with E-state index < -0.39 is 0 Å². The van der Waals surface area contributed by atoms with Crippen molar-refractivity contribution in [3.63, 3.8) is 0 Å². The summed E-state index contributed by atoms with van der Waals surface area (Å²) in [5.74, 6) is 4.36. The van der Waals surface area contributed by atoms with Crippen LogP contribution in [0.3, 0.4) is 0 Å². The second-order valence-electron chi connectivity index (χ2n) is 15.7. The molecule has 9 rings (SSSR count). The number of nitriles is 1. The molecule has 258 valence electrons. The number of benzene rings is 6. The van der Waals surface area contributed by atoms with Crippen LogP contribution in [0.2, 0.25) is 0 Å². The van der Waals surface area contributed by atoms with Crippen LogP contribution in [0.1, 0.15) is 57.1 Å². The van der Waals surface area contributed by atoms with Crippen molar-refractivity contribution in [3.8, 4) is 62.5 Å². The van der Waals surface area contributed by atoms with Crippen molar-refractivity contribution in [2.45, 2.75) is 51.4 Å². The number of rotatable bonds is 6. The van der Waals surface area contributed by atoms with E-state index in [0.29, 0.717) is 23.0 Å². The molecule has 0 aliphatic heterocycles. The highest BCUT2D eigenvalue weighted by Gasteiger charge is 2.45. The van der Waals surface area contributed by atoms with Crippen molar-refractivity contribution in [1.82, 2.24) is 15.0 Å². The second-order valence-corrected chi connectivity index (χ2v) is 15.7. The molecule has 4 atom stereocenters. The summed E-state index contributed by atoms with van der Waals surface area (Å²) in [5, 5.41) is 11.5. The molecule has 6 aromatic carbocycles. The van der Waals surface area contributed by atoms with E-state index in [1.165, 1.54) is 37.7 Å². The fraction of sp³-hybridized carbons (Fsp3) is 0.224. The lowest BCUT2D eigenvalue weighted by Gasteiger charge is -2.50. The van der Waals surface area contributed by atoms with Gasteiger partial charge in [0.25, 0.3) is 0 Å². The molecule has 0 saturated heterocycles. The molecule has 4 heteroatoms. The molecule has 2 fully saturated rings. The van der Waals surface area contributed by atoms with Crippen molar-refractivity contribution in [2.24, 2.45) is 17.8 Å². The molecule has 1 unspecified atom stereocenters. The maximum Gasteiger partial charge on any atom is 0.164 e. The van der Waals surface area contributed by atoms with Gasteiger partial charge in [-0.05, 0) is 112 Å². The monoisotopic (exact) mass is 686 g/mol. The van der Waals surface area contributed by atoms with Gasteiger partial charge in [0.1, 0.15) is 0 Å². The maximum absolute atomic E-state index is 9.32. The molecule has 2 saturated carbocycles. The topological polar surface area (TPSA) is 62.5 Å². The van der Waals surface area contributed by atoms with Crippen LogP contribution in [-0.4, -0.2) is 15.0 Å². The Kier molecular flexibility index (Phi) is 8.43. The lowest BCUT2D eigenvalue weighted by atomic mass is 9.54. The minimum absolute atomic E-state index is 0.273. The van der Waals surface area contributed by atoms with Crippen LogP contribution in [0, 0.1) is 29.1 Å². The summed E-state index contributed by atoms with van der Waals surface area (Å²) in [4.78, 5) is 15.5. The van der Waals surface area contributed by atoms with Gasteiger partial charge in [-0.2, -0.15) is 5.26 Å². The van der Waals surface area contributed by atoms with Crippen LogP contribution in [0.15, 0.2) is 140 Å². The largest absolute Gasteiger partial charge is 0.208 e. The fourth-order valence-corrected chi connectivity index (χ4v) is 9.64. The van der Waals surface area contributed by atoms with Gasteiger partial charge in [0.15, 0.2) is 17.5 Å². The molecule has 1 heterocycles. The van der Waals surface area contributed by atoms with Crippen LogP contribution in [-0.2, 0) is 5.41 Å². The van der Waals surface area contributed by atoms with Gasteiger partial charge < -0.3 is 0 Å². The predicted octanol–water partition coefficient (Wildman–Crippen LogP) is 12.3. The first-order valence-corrected chi connectivity index (χ1v) is 19.0. The van der Waals surface area contributed by atoms with Gasteiger partial charge in [0.2, 0.25) is 0 Å². The van der Waals surface area contributed by atoms with Crippen LogP contribution in [0.25, 0.3) is 67.2 Å². The number of nitrogens with zero attached hydrogens (tertiary/aromatic N) is 4. The smallest absolute Gasteiger partial charge is 0.164 e. The van der Waals surface area contributed by atoms with Gasteiger partial charge in [0.05, 0.1) is 11.6 Å². The summed E-state index contributed by atoms with van der Waals surface area (Å²) >= 11 is 0. The molecule has 0 spiro atoms. The Balaban J connectivity index is 1.11. The molecular formula is C49H42N4. The third kappa shape index (κ3) is 6.42. The Hall–Kier alpha value is -5.92. The van der Waals surface area contributed by atoms with Gasteiger partial charge in [-0.15, -0.1) is 0 Å². The third-order valence-corrected chi connectivity index (χ3v) is 11.7. The molecule has 0 radical (unpaired) electrons. The molecule has 0 N–H and O–H groups in total. The molecule has 1 aromatic heterocycles. The average molecular weight is 687 g/mol. The van der Waals surface area contributed by atoms with Crippen LogP contribution in [0.5, 0.6) is 0 Å². The molecule has 2 bridgehead atoms. The Bertz CT molecular complexity index is 2460. The van der Waals surface area contributed by atoms with E-state index >= 15 is 0 Å². The van der Waals surface area contributed by atoms with Crippen molar-refractivity contribution in [2.75, 3.05) is 0 Å². The highest BCUT2D eigenvalue weighted by molar-refractivity contribution is 5.88. The summed E-state index contributed by atoms with van der Waals surface area (Å²) in [6, 6.07) is 51.0. The summed E-state index contributed by atoms with van der Waals surface area (Å²) in [5.41, 5.74) is 9.77. The Morgan fingerprint density at radius 1 is 0.509 bits per heavy atom. The van der Waals surface area contributed by atoms with Crippen molar-refractivity contribution < 1.29 is 0 Å². The van der Waals surface area contributed by atoms with E-state index in [-0.39, 0.29) is 5.41 Å². The molecular weight excluding hydrogens is 645 g/mol. The SMILES string of the molecule is C[C@@H]1C[C@@H]2C[C@H](C)CC(c3ccc(-c4nc(-c5ccc(-c6ccc7cc(C#N)ccc7c6)cc5)nc(-c5ccccc5-c5ccccc5)n4)cc3)(C1)C2. The molecule has 53 heavy (non-hydrogen) atoms. The zero-order valence-corrected chi connectivity index (χ0v) is 30.3. The number of aromatic nitrogens is 3. The van der Waals surface area contributed by atoms with Gasteiger partial charge in [0, 0.05) is 16.7 Å². The Morgan fingerprint density at radius 3 is 1.74 bits per heavy atom. The van der Waals surface area contributed by atoms with Crippen LogP contribution < -0.4 is 0 Å². The lowest BCUT2D eigenvalue weighted by molar-refractivity contribution is 0.0780. The van der Waals surface area contributed by atoms with E-state index in [1.807, 2.05) is 24.3 Å². The van der Waals surface area contributed by atoms with Gasteiger partial charge in [-0.25, -0.2) is 15.0 Å². The second kappa shape index (κ2) is 13.6. The highest BCUT2D eigenvalue weighted by Crippen LogP contribution is 2.54. The Morgan fingerprint density at radius 2 is 1.06 bits per heavy atom. The maximum atomic E-state index is 9.32. The van der Waals surface area contributed by atoms with E-state index in [1.54, 1.807) is 0 Å². The predicted molar refractivity (Wildman–Crippen MR) is 216 cm³/mol. The van der Waals surface area contributed by atoms with Crippen molar-refractivity contribution in [1.29, 1.82) is 5.26 Å².